The first kappa shape index (κ1) is 35.9. The van der Waals surface area contributed by atoms with Gasteiger partial charge in [-0.15, -0.1) is 0 Å². The minimum absolute atomic E-state index is 0.00509. The number of rotatable bonds is 17. The first-order valence-corrected chi connectivity index (χ1v) is 18.1. The van der Waals surface area contributed by atoms with Gasteiger partial charge in [0.2, 0.25) is 0 Å². The number of allylic oxidation sites excluding steroid dienone is 1. The normalized spacial score (nSPS) is 34.5. The van der Waals surface area contributed by atoms with Crippen molar-refractivity contribution in [2.24, 2.45) is 35.0 Å². The Morgan fingerprint density at radius 2 is 1.42 bits per heavy atom. The zero-order valence-corrected chi connectivity index (χ0v) is 28.9. The Morgan fingerprint density at radius 3 is 2.00 bits per heavy atom. The molecule has 0 unspecified atom stereocenters. The van der Waals surface area contributed by atoms with Crippen molar-refractivity contribution in [3.8, 4) is 0 Å². The number of Topliss-reactive ketones (excluding diaryl/α,β-unsaturated/α-hetero) is 1. The van der Waals surface area contributed by atoms with Gasteiger partial charge in [-0.1, -0.05) is 111 Å². The third kappa shape index (κ3) is 6.72. The van der Waals surface area contributed by atoms with Gasteiger partial charge in [0.15, 0.2) is 11.4 Å². The molecule has 254 valence electrons. The molecule has 4 aliphatic carbocycles. The summed E-state index contributed by atoms with van der Waals surface area (Å²) in [6.45, 7) is 11.9. The van der Waals surface area contributed by atoms with Crippen LogP contribution in [0.15, 0.2) is 23.3 Å². The predicted molar refractivity (Wildman–Crippen MR) is 175 cm³/mol. The molecular weight excluding hydrogens is 568 g/mol. The third-order valence-electron chi connectivity index (χ3n) is 11.9. The van der Waals surface area contributed by atoms with Gasteiger partial charge in [0.1, 0.15) is 6.10 Å². The zero-order valence-electron chi connectivity index (χ0n) is 28.9. The number of aliphatic hydroxyl groups excluding tert-OH is 1. The van der Waals surface area contributed by atoms with E-state index in [1.54, 1.807) is 6.92 Å². The molecule has 0 amide bonds. The number of esters is 2. The van der Waals surface area contributed by atoms with Crippen molar-refractivity contribution in [1.82, 2.24) is 0 Å². The van der Waals surface area contributed by atoms with Gasteiger partial charge < -0.3 is 19.7 Å². The predicted octanol–water partition coefficient (Wildman–Crippen LogP) is 7.42. The van der Waals surface area contributed by atoms with Crippen LogP contribution in [0.5, 0.6) is 0 Å². The van der Waals surface area contributed by atoms with E-state index >= 15 is 0 Å². The molecule has 2 N–H and O–H groups in total. The lowest BCUT2D eigenvalue weighted by molar-refractivity contribution is -0.220. The van der Waals surface area contributed by atoms with E-state index < -0.39 is 46.4 Å². The number of unbranched alkanes of at least 4 members (excludes halogenated alkanes) is 10. The van der Waals surface area contributed by atoms with Crippen LogP contribution in [0.25, 0.3) is 0 Å². The highest BCUT2D eigenvalue weighted by molar-refractivity contribution is 6.00. The molecule has 0 radical (unpaired) electrons. The van der Waals surface area contributed by atoms with Gasteiger partial charge in [-0.3, -0.25) is 14.4 Å². The maximum absolute atomic E-state index is 13.5. The second-order valence-corrected chi connectivity index (χ2v) is 15.1. The number of ketones is 1. The fourth-order valence-corrected chi connectivity index (χ4v) is 9.30. The van der Waals surface area contributed by atoms with Gasteiger partial charge in [0, 0.05) is 47.8 Å². The van der Waals surface area contributed by atoms with E-state index in [4.69, 9.17) is 9.47 Å². The Labute approximate surface area is 271 Å². The minimum atomic E-state index is -1.42. The molecule has 0 saturated heterocycles. The molecule has 0 heterocycles. The average molecular weight is 629 g/mol. The number of fused-ring (bicyclic) bond motifs is 5. The first-order valence-electron chi connectivity index (χ1n) is 18.1. The van der Waals surface area contributed by atoms with Crippen molar-refractivity contribution >= 4 is 17.7 Å². The van der Waals surface area contributed by atoms with E-state index in [9.17, 15) is 24.6 Å². The number of hydrogen-bond acceptors (Lipinski definition) is 7. The minimum Gasteiger partial charge on any atom is -0.458 e. The maximum Gasteiger partial charge on any atom is 0.306 e. The van der Waals surface area contributed by atoms with E-state index in [0.29, 0.717) is 18.4 Å². The molecule has 7 heteroatoms. The quantitative estimate of drug-likeness (QED) is 0.0980. The van der Waals surface area contributed by atoms with Crippen LogP contribution in [0, 0.1) is 35.0 Å². The van der Waals surface area contributed by atoms with Gasteiger partial charge in [0.05, 0.1) is 12.2 Å². The van der Waals surface area contributed by atoms with Crippen LogP contribution in [-0.4, -0.2) is 51.8 Å². The standard InChI is InChI=1S/C38H60O7/c1-7-9-11-13-15-17-19-31(40)44-35-26(4)37(43)29-21-25(3)33(42)28(29)22-27(24-39)23-30(37)34-36(5,6)38(34,35)45-32(41)20-18-16-14-12-10-8-2/h21,23,26,28-30,34-35,39,43H,7-20,22,24H2,1-6H3/t26-,28-,29-,30+,34-,35-,37+,38-/m1/s1. The Morgan fingerprint density at radius 1 is 0.867 bits per heavy atom. The molecule has 0 spiro atoms. The van der Waals surface area contributed by atoms with Crippen LogP contribution in [0.4, 0.5) is 0 Å². The summed E-state index contributed by atoms with van der Waals surface area (Å²) in [5.74, 6) is -3.03. The summed E-state index contributed by atoms with van der Waals surface area (Å²) in [5.41, 5.74) is -1.78. The van der Waals surface area contributed by atoms with Crippen molar-refractivity contribution in [2.75, 3.05) is 6.61 Å². The zero-order chi connectivity index (χ0) is 33.0. The molecule has 4 aliphatic rings. The molecule has 4 rings (SSSR count). The number of carbonyl (C=O) groups excluding carboxylic acids is 3. The summed E-state index contributed by atoms with van der Waals surface area (Å²) in [6, 6.07) is 0. The molecule has 2 fully saturated rings. The summed E-state index contributed by atoms with van der Waals surface area (Å²) >= 11 is 0. The second kappa shape index (κ2) is 14.8. The third-order valence-corrected chi connectivity index (χ3v) is 11.9. The smallest absolute Gasteiger partial charge is 0.306 e. The topological polar surface area (TPSA) is 110 Å². The van der Waals surface area contributed by atoms with Crippen molar-refractivity contribution in [1.29, 1.82) is 0 Å². The monoisotopic (exact) mass is 628 g/mol. The van der Waals surface area contributed by atoms with Crippen LogP contribution in [-0.2, 0) is 23.9 Å². The largest absolute Gasteiger partial charge is 0.458 e. The van der Waals surface area contributed by atoms with Crippen molar-refractivity contribution in [2.45, 2.75) is 155 Å². The number of carbonyl (C=O) groups is 3. The second-order valence-electron chi connectivity index (χ2n) is 15.1. The lowest BCUT2D eigenvalue weighted by Crippen LogP contribution is -2.63. The SMILES string of the molecule is CCCCCCCCC(=O)O[C@@H]1[C@@H](C)[C@]2(O)[C@@H]3C=C(C)C(=O)[C@@H]3CC(CO)=C[C@H]2[C@@H]2C(C)(C)[C@]12OC(=O)CCCCCCCC. The maximum atomic E-state index is 13.5. The molecule has 0 aromatic rings. The molecule has 0 aromatic heterocycles. The first-order chi connectivity index (χ1) is 21.4. The number of hydrogen-bond donors (Lipinski definition) is 2. The molecule has 45 heavy (non-hydrogen) atoms. The fourth-order valence-electron chi connectivity index (χ4n) is 9.30. The van der Waals surface area contributed by atoms with Gasteiger partial charge in [0.25, 0.3) is 0 Å². The fraction of sp³-hybridized carbons (Fsp3) is 0.816. The lowest BCUT2D eigenvalue weighted by Gasteiger charge is -2.52. The summed E-state index contributed by atoms with van der Waals surface area (Å²) < 4.78 is 12.9. The summed E-state index contributed by atoms with van der Waals surface area (Å²) in [4.78, 5) is 40.3. The number of aliphatic hydroxyl groups is 2. The van der Waals surface area contributed by atoms with Crippen LogP contribution in [0.3, 0.4) is 0 Å². The van der Waals surface area contributed by atoms with Crippen molar-refractivity contribution < 1.29 is 34.1 Å². The van der Waals surface area contributed by atoms with Crippen LogP contribution in [0.1, 0.15) is 138 Å². The lowest BCUT2D eigenvalue weighted by atomic mass is 9.60. The number of ether oxygens (including phenoxy) is 2. The van der Waals surface area contributed by atoms with E-state index in [0.717, 1.165) is 56.9 Å². The highest BCUT2D eigenvalue weighted by Gasteiger charge is 2.87. The molecular formula is C38H60O7. The van der Waals surface area contributed by atoms with E-state index in [1.807, 2.05) is 32.9 Å². The van der Waals surface area contributed by atoms with Crippen LogP contribution >= 0.6 is 0 Å². The Kier molecular flexibility index (Phi) is 11.8. The highest BCUT2D eigenvalue weighted by Crippen LogP contribution is 2.77. The van der Waals surface area contributed by atoms with Gasteiger partial charge in [-0.05, 0) is 37.3 Å². The van der Waals surface area contributed by atoms with Gasteiger partial charge in [-0.2, -0.15) is 0 Å². The Hall–Kier alpha value is -1.99. The molecule has 7 nitrogen and oxygen atoms in total. The highest BCUT2D eigenvalue weighted by atomic mass is 16.6. The Balaban J connectivity index is 1.64. The average Bonchev–Trinajstić information content (AvgIpc) is 3.40. The van der Waals surface area contributed by atoms with E-state index in [2.05, 4.69) is 13.8 Å². The summed E-state index contributed by atoms with van der Waals surface area (Å²) in [7, 11) is 0. The molecule has 0 bridgehead atoms. The van der Waals surface area contributed by atoms with Gasteiger partial charge in [-0.25, -0.2) is 0 Å². The molecule has 8 atom stereocenters. The van der Waals surface area contributed by atoms with E-state index in [1.165, 1.54) is 25.7 Å². The van der Waals surface area contributed by atoms with Gasteiger partial charge >= 0.3 is 11.9 Å². The summed E-state index contributed by atoms with van der Waals surface area (Å²) in [6.07, 6.45) is 16.6. The van der Waals surface area contributed by atoms with E-state index in [-0.39, 0.29) is 36.7 Å². The molecule has 2 saturated carbocycles. The van der Waals surface area contributed by atoms with Crippen LogP contribution in [0.2, 0.25) is 0 Å². The van der Waals surface area contributed by atoms with Crippen molar-refractivity contribution in [3.63, 3.8) is 0 Å². The van der Waals surface area contributed by atoms with Crippen molar-refractivity contribution in [3.05, 3.63) is 23.3 Å². The summed E-state index contributed by atoms with van der Waals surface area (Å²) in [5, 5.41) is 23.2. The Bertz CT molecular complexity index is 1140. The molecule has 0 aromatic carbocycles. The van der Waals surface area contributed by atoms with Crippen LogP contribution < -0.4 is 0 Å². The molecule has 0 aliphatic heterocycles.